The fraction of sp³-hybridized carbons (Fsp3) is 0.200. The number of nitro benzene ring substituents is 1. The topological polar surface area (TPSA) is 64.4 Å². The highest BCUT2D eigenvalue weighted by Crippen LogP contribution is 2.33. The molecule has 2 aromatic rings. The van der Waals surface area contributed by atoms with Crippen molar-refractivity contribution in [2.24, 2.45) is 0 Å². The number of nitrogens with one attached hydrogen (secondary N) is 1. The quantitative estimate of drug-likeness (QED) is 0.510. The first kappa shape index (κ1) is 16.8. The number of nitro groups is 1. The van der Waals surface area contributed by atoms with Gasteiger partial charge in [-0.1, -0.05) is 22.0 Å². The van der Waals surface area contributed by atoms with E-state index in [1.54, 1.807) is 12.1 Å². The van der Waals surface area contributed by atoms with Crippen molar-refractivity contribution in [2.75, 3.05) is 11.9 Å². The molecule has 0 saturated heterocycles. The number of rotatable bonds is 6. The van der Waals surface area contributed by atoms with Gasteiger partial charge in [0.1, 0.15) is 5.75 Å². The maximum Gasteiger partial charge on any atom is 0.271 e. The number of benzene rings is 2. The summed E-state index contributed by atoms with van der Waals surface area (Å²) in [6.07, 6.45) is 0. The van der Waals surface area contributed by atoms with Crippen LogP contribution >= 0.6 is 31.9 Å². The van der Waals surface area contributed by atoms with Gasteiger partial charge < -0.3 is 10.1 Å². The number of halogens is 2. The Morgan fingerprint density at radius 3 is 2.73 bits per heavy atom. The Morgan fingerprint density at radius 1 is 1.27 bits per heavy atom. The van der Waals surface area contributed by atoms with Crippen molar-refractivity contribution < 1.29 is 9.66 Å². The van der Waals surface area contributed by atoms with Gasteiger partial charge in [0.15, 0.2) is 0 Å². The largest absolute Gasteiger partial charge is 0.492 e. The van der Waals surface area contributed by atoms with Gasteiger partial charge in [-0.15, -0.1) is 0 Å². The van der Waals surface area contributed by atoms with E-state index in [4.69, 9.17) is 4.74 Å². The van der Waals surface area contributed by atoms with Gasteiger partial charge in [-0.05, 0) is 41.1 Å². The number of nitrogens with zero attached hydrogens (tertiary/aromatic N) is 1. The summed E-state index contributed by atoms with van der Waals surface area (Å²) in [5, 5.41) is 14.0. The summed E-state index contributed by atoms with van der Waals surface area (Å²) >= 11 is 6.94. The van der Waals surface area contributed by atoms with Gasteiger partial charge in [-0.3, -0.25) is 10.1 Å². The normalized spacial score (nSPS) is 10.3. The van der Waals surface area contributed by atoms with Crippen LogP contribution in [0.25, 0.3) is 0 Å². The fourth-order valence-electron chi connectivity index (χ4n) is 1.98. The molecule has 0 aliphatic rings. The molecular formula is C15H14Br2N2O3. The van der Waals surface area contributed by atoms with E-state index in [0.717, 1.165) is 20.3 Å². The molecule has 0 spiro atoms. The predicted molar refractivity (Wildman–Crippen MR) is 93.4 cm³/mol. The molecule has 2 aromatic carbocycles. The summed E-state index contributed by atoms with van der Waals surface area (Å²) < 4.78 is 7.45. The maximum atomic E-state index is 10.8. The Balaban J connectivity index is 2.21. The summed E-state index contributed by atoms with van der Waals surface area (Å²) in [5.74, 6) is 0.767. The third kappa shape index (κ3) is 4.20. The van der Waals surface area contributed by atoms with Crippen LogP contribution in [0.3, 0.4) is 0 Å². The van der Waals surface area contributed by atoms with Gasteiger partial charge in [0, 0.05) is 34.4 Å². The minimum Gasteiger partial charge on any atom is -0.492 e. The molecule has 0 amide bonds. The molecule has 1 N–H and O–H groups in total. The lowest BCUT2D eigenvalue weighted by molar-refractivity contribution is -0.384. The van der Waals surface area contributed by atoms with E-state index in [2.05, 4.69) is 37.2 Å². The highest BCUT2D eigenvalue weighted by molar-refractivity contribution is 9.11. The lowest BCUT2D eigenvalue weighted by Crippen LogP contribution is -2.04. The fourth-order valence-corrected chi connectivity index (χ4v) is 3.41. The lowest BCUT2D eigenvalue weighted by Gasteiger charge is -2.14. The van der Waals surface area contributed by atoms with Gasteiger partial charge in [0.25, 0.3) is 5.69 Å². The molecule has 0 atom stereocenters. The van der Waals surface area contributed by atoms with Gasteiger partial charge in [-0.2, -0.15) is 0 Å². The summed E-state index contributed by atoms with van der Waals surface area (Å²) in [7, 11) is 0. The first-order chi connectivity index (χ1) is 10.5. The third-order valence-corrected chi connectivity index (χ3v) is 3.96. The summed E-state index contributed by atoms with van der Waals surface area (Å²) in [6.45, 7) is 2.98. The minimum atomic E-state index is -0.410. The zero-order chi connectivity index (χ0) is 16.1. The van der Waals surface area contributed by atoms with Crippen LogP contribution in [0, 0.1) is 10.1 Å². The second-order valence-electron chi connectivity index (χ2n) is 4.47. The Bertz CT molecular complexity index is 692. The van der Waals surface area contributed by atoms with Gasteiger partial charge in [0.05, 0.1) is 16.0 Å². The van der Waals surface area contributed by atoms with Crippen LogP contribution in [0.15, 0.2) is 45.3 Å². The number of hydrogen-bond acceptors (Lipinski definition) is 4. The molecule has 7 heteroatoms. The second-order valence-corrected chi connectivity index (χ2v) is 6.24. The standard InChI is InChI=1S/C15H14Br2N2O3/c1-2-22-15-10(6-11(16)7-14(15)17)9-18-12-4-3-5-13(8-12)19(20)21/h3-8,18H,2,9H2,1H3. The molecule has 0 bridgehead atoms. The Morgan fingerprint density at radius 2 is 2.05 bits per heavy atom. The van der Waals surface area contributed by atoms with Crippen molar-refractivity contribution >= 4 is 43.2 Å². The molecule has 2 rings (SSSR count). The molecule has 116 valence electrons. The van der Waals surface area contributed by atoms with Crippen LogP contribution in [-0.2, 0) is 6.54 Å². The first-order valence-corrected chi connectivity index (χ1v) is 8.19. The van der Waals surface area contributed by atoms with E-state index < -0.39 is 4.92 Å². The van der Waals surface area contributed by atoms with Crippen LogP contribution in [0.5, 0.6) is 5.75 Å². The SMILES string of the molecule is CCOc1c(Br)cc(Br)cc1CNc1cccc([N+](=O)[O-])c1. The lowest BCUT2D eigenvalue weighted by atomic mass is 10.2. The molecule has 0 fully saturated rings. The zero-order valence-electron chi connectivity index (χ0n) is 11.8. The highest BCUT2D eigenvalue weighted by atomic mass is 79.9. The van der Waals surface area contributed by atoms with Crippen molar-refractivity contribution in [3.05, 3.63) is 61.0 Å². The molecule has 0 heterocycles. The molecule has 0 aliphatic heterocycles. The van der Waals surface area contributed by atoms with E-state index in [-0.39, 0.29) is 5.69 Å². The van der Waals surface area contributed by atoms with Gasteiger partial charge in [0.2, 0.25) is 0 Å². The molecular weight excluding hydrogens is 416 g/mol. The van der Waals surface area contributed by atoms with Crippen LogP contribution in [0.2, 0.25) is 0 Å². The highest BCUT2D eigenvalue weighted by Gasteiger charge is 2.11. The Hall–Kier alpha value is -1.60. The number of ether oxygens (including phenoxy) is 1. The van der Waals surface area contributed by atoms with Crippen molar-refractivity contribution in [1.82, 2.24) is 0 Å². The van der Waals surface area contributed by atoms with E-state index in [9.17, 15) is 10.1 Å². The smallest absolute Gasteiger partial charge is 0.271 e. The number of non-ortho nitro benzene ring substituents is 1. The Kier molecular flexibility index (Phi) is 5.79. The average Bonchev–Trinajstić information content (AvgIpc) is 2.48. The monoisotopic (exact) mass is 428 g/mol. The molecule has 0 saturated carbocycles. The minimum absolute atomic E-state index is 0.0606. The molecule has 0 unspecified atom stereocenters. The van der Waals surface area contributed by atoms with Crippen molar-refractivity contribution in [2.45, 2.75) is 13.5 Å². The maximum absolute atomic E-state index is 10.8. The van der Waals surface area contributed by atoms with Crippen LogP contribution in [0.4, 0.5) is 11.4 Å². The van der Waals surface area contributed by atoms with Crippen LogP contribution in [0.1, 0.15) is 12.5 Å². The molecule has 0 aliphatic carbocycles. The summed E-state index contributed by atoms with van der Waals surface area (Å²) in [5.41, 5.74) is 1.70. The van der Waals surface area contributed by atoms with E-state index in [1.165, 1.54) is 12.1 Å². The predicted octanol–water partition coefficient (Wildman–Crippen LogP) is 5.13. The molecule has 22 heavy (non-hydrogen) atoms. The van der Waals surface area contributed by atoms with Crippen molar-refractivity contribution in [3.8, 4) is 5.75 Å². The third-order valence-electron chi connectivity index (χ3n) is 2.91. The van der Waals surface area contributed by atoms with Crippen LogP contribution < -0.4 is 10.1 Å². The zero-order valence-corrected chi connectivity index (χ0v) is 15.0. The van der Waals surface area contributed by atoms with Gasteiger partial charge in [-0.25, -0.2) is 0 Å². The van der Waals surface area contributed by atoms with Crippen molar-refractivity contribution in [1.29, 1.82) is 0 Å². The summed E-state index contributed by atoms with van der Waals surface area (Å²) in [6, 6.07) is 10.3. The van der Waals surface area contributed by atoms with Crippen molar-refractivity contribution in [3.63, 3.8) is 0 Å². The summed E-state index contributed by atoms with van der Waals surface area (Å²) in [4.78, 5) is 10.4. The first-order valence-electron chi connectivity index (χ1n) is 6.60. The number of hydrogen-bond donors (Lipinski definition) is 1. The molecule has 0 aromatic heterocycles. The number of anilines is 1. The van der Waals surface area contributed by atoms with E-state index in [1.807, 2.05) is 19.1 Å². The average molecular weight is 430 g/mol. The van der Waals surface area contributed by atoms with Crippen LogP contribution in [-0.4, -0.2) is 11.5 Å². The van der Waals surface area contributed by atoms with E-state index >= 15 is 0 Å². The van der Waals surface area contributed by atoms with E-state index in [0.29, 0.717) is 18.8 Å². The molecule has 0 radical (unpaired) electrons. The second kappa shape index (κ2) is 7.60. The Labute approximate surface area is 145 Å². The molecule has 5 nitrogen and oxygen atoms in total. The van der Waals surface area contributed by atoms with Gasteiger partial charge >= 0.3 is 0 Å².